The van der Waals surface area contributed by atoms with Crippen molar-refractivity contribution in [2.45, 2.75) is 51.6 Å². The number of rotatable bonds is 6. The minimum absolute atomic E-state index is 0.160. The number of carbonyl (C=O) groups is 1. The number of likely N-dealkylation sites (tertiary alicyclic amines) is 1. The van der Waals surface area contributed by atoms with Gasteiger partial charge < -0.3 is 10.6 Å². The Morgan fingerprint density at radius 2 is 2.05 bits per heavy atom. The predicted octanol–water partition coefficient (Wildman–Crippen LogP) is 2.63. The number of benzene rings is 1. The summed E-state index contributed by atoms with van der Waals surface area (Å²) in [6, 6.07) is 10.6. The summed E-state index contributed by atoms with van der Waals surface area (Å²) < 4.78 is 0. The van der Waals surface area contributed by atoms with Gasteiger partial charge in [0.2, 0.25) is 5.91 Å². The van der Waals surface area contributed by atoms with Crippen LogP contribution in [0.25, 0.3) is 0 Å². The van der Waals surface area contributed by atoms with Crippen molar-refractivity contribution in [2.24, 2.45) is 5.73 Å². The maximum Gasteiger partial charge on any atom is 0.241 e. The van der Waals surface area contributed by atoms with Crippen LogP contribution in [-0.2, 0) is 4.79 Å². The molecule has 2 N–H and O–H groups in total. The van der Waals surface area contributed by atoms with Crippen LogP contribution in [0.4, 0.5) is 5.69 Å². The fraction of sp³-hybridized carbons (Fsp3) is 0.611. The summed E-state index contributed by atoms with van der Waals surface area (Å²) in [6.07, 6.45) is 4.58. The molecular formula is C18H29N3O. The van der Waals surface area contributed by atoms with Gasteiger partial charge in [0.15, 0.2) is 0 Å². The zero-order chi connectivity index (χ0) is 15.9. The Morgan fingerprint density at radius 1 is 1.32 bits per heavy atom. The first-order valence-electron chi connectivity index (χ1n) is 8.44. The van der Waals surface area contributed by atoms with E-state index in [0.29, 0.717) is 19.1 Å². The molecule has 1 aliphatic rings. The fourth-order valence-electron chi connectivity index (χ4n) is 3.36. The number of amides is 1. The van der Waals surface area contributed by atoms with Gasteiger partial charge in [-0.3, -0.25) is 9.69 Å². The number of nitrogens with two attached hydrogens (primary N) is 1. The van der Waals surface area contributed by atoms with Crippen molar-refractivity contribution in [1.82, 2.24) is 4.90 Å². The molecule has 0 spiro atoms. The number of para-hydroxylation sites is 1. The van der Waals surface area contributed by atoms with E-state index in [9.17, 15) is 4.79 Å². The molecule has 1 saturated heterocycles. The Bertz CT molecular complexity index is 459. The van der Waals surface area contributed by atoms with Crippen LogP contribution in [0, 0.1) is 0 Å². The molecule has 0 aromatic heterocycles. The molecule has 122 valence electrons. The topological polar surface area (TPSA) is 49.6 Å². The molecule has 4 nitrogen and oxygen atoms in total. The zero-order valence-corrected chi connectivity index (χ0v) is 13.9. The Morgan fingerprint density at radius 3 is 2.68 bits per heavy atom. The zero-order valence-electron chi connectivity index (χ0n) is 13.9. The van der Waals surface area contributed by atoms with Crippen LogP contribution in [0.3, 0.4) is 0 Å². The molecule has 1 unspecified atom stereocenters. The van der Waals surface area contributed by atoms with E-state index >= 15 is 0 Å². The Balaban J connectivity index is 2.07. The first kappa shape index (κ1) is 17.0. The number of anilines is 1. The third-order valence-electron chi connectivity index (χ3n) is 4.41. The number of nitrogens with zero attached hydrogens (tertiary/aromatic N) is 2. The molecule has 1 amide bonds. The van der Waals surface area contributed by atoms with Gasteiger partial charge in [-0.1, -0.05) is 24.6 Å². The molecule has 1 aliphatic heterocycles. The molecule has 0 saturated carbocycles. The molecular weight excluding hydrogens is 274 g/mol. The number of piperidine rings is 1. The van der Waals surface area contributed by atoms with E-state index in [0.717, 1.165) is 25.1 Å². The highest BCUT2D eigenvalue weighted by atomic mass is 16.2. The molecule has 4 heteroatoms. The van der Waals surface area contributed by atoms with Crippen molar-refractivity contribution in [3.63, 3.8) is 0 Å². The molecule has 2 rings (SSSR count). The number of carbonyl (C=O) groups excluding carboxylic acids is 1. The average Bonchev–Trinajstić information content (AvgIpc) is 2.50. The molecule has 0 bridgehead atoms. The highest BCUT2D eigenvalue weighted by molar-refractivity contribution is 5.95. The van der Waals surface area contributed by atoms with Gasteiger partial charge in [0.1, 0.15) is 0 Å². The Labute approximate surface area is 134 Å². The van der Waals surface area contributed by atoms with Crippen molar-refractivity contribution >= 4 is 11.6 Å². The maximum absolute atomic E-state index is 12.9. The van der Waals surface area contributed by atoms with Gasteiger partial charge >= 0.3 is 0 Å². The van der Waals surface area contributed by atoms with E-state index in [1.54, 1.807) is 0 Å². The van der Waals surface area contributed by atoms with Crippen LogP contribution in [0.2, 0.25) is 0 Å². The summed E-state index contributed by atoms with van der Waals surface area (Å²) in [5.41, 5.74) is 6.71. The first-order valence-corrected chi connectivity index (χ1v) is 8.44. The summed E-state index contributed by atoms with van der Waals surface area (Å²) in [5, 5.41) is 0. The lowest BCUT2D eigenvalue weighted by molar-refractivity contribution is -0.121. The van der Waals surface area contributed by atoms with Crippen LogP contribution in [0.1, 0.15) is 39.5 Å². The molecule has 0 aliphatic carbocycles. The van der Waals surface area contributed by atoms with Crippen LogP contribution < -0.4 is 10.6 Å². The van der Waals surface area contributed by atoms with Gasteiger partial charge in [-0.15, -0.1) is 0 Å². The summed E-state index contributed by atoms with van der Waals surface area (Å²) in [4.78, 5) is 17.1. The van der Waals surface area contributed by atoms with Gasteiger partial charge in [0, 0.05) is 17.8 Å². The van der Waals surface area contributed by atoms with E-state index in [4.69, 9.17) is 5.73 Å². The third-order valence-corrected chi connectivity index (χ3v) is 4.41. The van der Waals surface area contributed by atoms with Crippen molar-refractivity contribution in [2.75, 3.05) is 24.5 Å². The summed E-state index contributed by atoms with van der Waals surface area (Å²) in [7, 11) is 0. The van der Waals surface area contributed by atoms with Gasteiger partial charge in [0.05, 0.1) is 6.54 Å². The summed E-state index contributed by atoms with van der Waals surface area (Å²) >= 11 is 0. The lowest BCUT2D eigenvalue weighted by Gasteiger charge is -2.37. The average molecular weight is 303 g/mol. The maximum atomic E-state index is 12.9. The molecule has 1 fully saturated rings. The van der Waals surface area contributed by atoms with Crippen LogP contribution in [0.5, 0.6) is 0 Å². The Hall–Kier alpha value is -1.39. The van der Waals surface area contributed by atoms with E-state index in [-0.39, 0.29) is 11.9 Å². The van der Waals surface area contributed by atoms with Gasteiger partial charge in [-0.25, -0.2) is 0 Å². The molecule has 0 radical (unpaired) electrons. The SMILES string of the molecule is CC(C)N(C(=O)CN1CCCCC1CCN)c1ccccc1. The summed E-state index contributed by atoms with van der Waals surface area (Å²) in [6.45, 7) is 6.34. The molecule has 1 aromatic carbocycles. The fourth-order valence-corrected chi connectivity index (χ4v) is 3.36. The van der Waals surface area contributed by atoms with Crippen molar-refractivity contribution in [3.8, 4) is 0 Å². The molecule has 1 atom stereocenters. The highest BCUT2D eigenvalue weighted by Gasteiger charge is 2.27. The quantitative estimate of drug-likeness (QED) is 0.879. The second kappa shape index (κ2) is 8.30. The second-order valence-electron chi connectivity index (χ2n) is 6.39. The van der Waals surface area contributed by atoms with E-state index < -0.39 is 0 Å². The standard InChI is InChI=1S/C18H29N3O/c1-15(2)21(17-9-4-3-5-10-17)18(22)14-20-13-7-6-8-16(20)11-12-19/h3-5,9-10,15-16H,6-8,11-14,19H2,1-2H3. The molecule has 1 aromatic rings. The van der Waals surface area contributed by atoms with Gasteiger partial charge in [-0.05, 0) is 58.3 Å². The second-order valence-corrected chi connectivity index (χ2v) is 6.39. The summed E-state index contributed by atoms with van der Waals surface area (Å²) in [5.74, 6) is 0.185. The van der Waals surface area contributed by atoms with E-state index in [1.165, 1.54) is 12.8 Å². The van der Waals surface area contributed by atoms with E-state index in [2.05, 4.69) is 18.7 Å². The van der Waals surface area contributed by atoms with Crippen molar-refractivity contribution in [1.29, 1.82) is 0 Å². The number of hydrogen-bond donors (Lipinski definition) is 1. The lowest BCUT2D eigenvalue weighted by Crippen LogP contribution is -2.49. The highest BCUT2D eigenvalue weighted by Crippen LogP contribution is 2.21. The minimum Gasteiger partial charge on any atom is -0.330 e. The van der Waals surface area contributed by atoms with Crippen LogP contribution in [-0.4, -0.2) is 42.5 Å². The van der Waals surface area contributed by atoms with Crippen LogP contribution >= 0.6 is 0 Å². The Kier molecular flexibility index (Phi) is 6.40. The monoisotopic (exact) mass is 303 g/mol. The molecule has 22 heavy (non-hydrogen) atoms. The lowest BCUT2D eigenvalue weighted by atomic mass is 9.99. The van der Waals surface area contributed by atoms with Crippen LogP contribution in [0.15, 0.2) is 30.3 Å². The van der Waals surface area contributed by atoms with Crippen molar-refractivity contribution in [3.05, 3.63) is 30.3 Å². The molecule has 1 heterocycles. The first-order chi connectivity index (χ1) is 10.6. The number of hydrogen-bond acceptors (Lipinski definition) is 3. The largest absolute Gasteiger partial charge is 0.330 e. The van der Waals surface area contributed by atoms with Gasteiger partial charge in [0.25, 0.3) is 0 Å². The smallest absolute Gasteiger partial charge is 0.241 e. The van der Waals surface area contributed by atoms with Crippen molar-refractivity contribution < 1.29 is 4.79 Å². The van der Waals surface area contributed by atoms with E-state index in [1.807, 2.05) is 35.2 Å². The normalized spacial score (nSPS) is 19.4. The van der Waals surface area contributed by atoms with Gasteiger partial charge in [-0.2, -0.15) is 0 Å². The minimum atomic E-state index is 0.160. The predicted molar refractivity (Wildman–Crippen MR) is 91.9 cm³/mol. The third kappa shape index (κ3) is 4.31.